The molecule has 0 spiro atoms. The van der Waals surface area contributed by atoms with Gasteiger partial charge in [-0.25, -0.2) is 8.42 Å². The van der Waals surface area contributed by atoms with Crippen molar-refractivity contribution in [2.75, 3.05) is 7.11 Å². The van der Waals surface area contributed by atoms with Gasteiger partial charge in [0.25, 0.3) is 0 Å². The molecule has 1 atom stereocenters. The van der Waals surface area contributed by atoms with Crippen LogP contribution in [0.15, 0.2) is 29.2 Å². The van der Waals surface area contributed by atoms with Crippen molar-refractivity contribution in [1.29, 1.82) is 0 Å². The molecule has 0 aliphatic heterocycles. The molecule has 0 heterocycles. The molecule has 17 heavy (non-hydrogen) atoms. The lowest BCUT2D eigenvalue weighted by molar-refractivity contribution is -0.140. The van der Waals surface area contributed by atoms with Crippen molar-refractivity contribution >= 4 is 15.8 Å². The molecule has 0 saturated heterocycles. The molecular formula is C12H16O4S. The molecular weight excluding hydrogens is 240 g/mol. The number of aryl methyl sites for hydroxylation is 1. The van der Waals surface area contributed by atoms with Crippen molar-refractivity contribution in [1.82, 2.24) is 0 Å². The van der Waals surface area contributed by atoms with E-state index in [9.17, 15) is 13.2 Å². The summed E-state index contributed by atoms with van der Waals surface area (Å²) in [4.78, 5) is 11.6. The number of methoxy groups -OCH3 is 1. The number of ether oxygens (including phenoxy) is 1. The van der Waals surface area contributed by atoms with Gasteiger partial charge in [0.15, 0.2) is 15.1 Å². The van der Waals surface area contributed by atoms with Crippen LogP contribution in [0.5, 0.6) is 0 Å². The topological polar surface area (TPSA) is 60.4 Å². The van der Waals surface area contributed by atoms with Gasteiger partial charge < -0.3 is 4.74 Å². The Morgan fingerprint density at radius 2 is 2.06 bits per heavy atom. The number of sulfone groups is 1. The van der Waals surface area contributed by atoms with E-state index in [4.69, 9.17) is 0 Å². The normalized spacial score (nSPS) is 13.1. The summed E-state index contributed by atoms with van der Waals surface area (Å²) in [6, 6.07) is 6.51. The molecule has 0 amide bonds. The monoisotopic (exact) mass is 256 g/mol. The zero-order chi connectivity index (χ0) is 13.1. The zero-order valence-corrected chi connectivity index (χ0v) is 11.0. The first-order valence-corrected chi connectivity index (χ1v) is 6.86. The summed E-state index contributed by atoms with van der Waals surface area (Å²) in [5.74, 6) is -0.714. The van der Waals surface area contributed by atoms with Gasteiger partial charge in [0.2, 0.25) is 0 Å². The van der Waals surface area contributed by atoms with Crippen molar-refractivity contribution < 1.29 is 17.9 Å². The standard InChI is InChI=1S/C12H16O4S/c1-4-11(12(13)16-3)17(14,15)10-7-5-6-9(2)8-10/h5-8,11H,4H2,1-3H3. The fourth-order valence-electron chi connectivity index (χ4n) is 1.60. The second kappa shape index (κ2) is 5.31. The molecule has 0 aromatic heterocycles. The van der Waals surface area contributed by atoms with E-state index in [2.05, 4.69) is 4.74 Å². The van der Waals surface area contributed by atoms with Gasteiger partial charge in [-0.3, -0.25) is 4.79 Å². The van der Waals surface area contributed by atoms with E-state index in [0.29, 0.717) is 0 Å². The quantitative estimate of drug-likeness (QED) is 0.770. The molecule has 4 nitrogen and oxygen atoms in total. The highest BCUT2D eigenvalue weighted by Crippen LogP contribution is 2.20. The number of carbonyl (C=O) groups is 1. The van der Waals surface area contributed by atoms with E-state index in [-0.39, 0.29) is 11.3 Å². The summed E-state index contributed by atoms with van der Waals surface area (Å²) in [6.07, 6.45) is 0.197. The maximum Gasteiger partial charge on any atom is 0.324 e. The Kier molecular flexibility index (Phi) is 4.28. The lowest BCUT2D eigenvalue weighted by atomic mass is 10.2. The highest BCUT2D eigenvalue weighted by atomic mass is 32.2. The summed E-state index contributed by atoms with van der Waals surface area (Å²) in [7, 11) is -2.47. The van der Waals surface area contributed by atoms with Crippen molar-refractivity contribution in [3.63, 3.8) is 0 Å². The molecule has 94 valence electrons. The fraction of sp³-hybridized carbons (Fsp3) is 0.417. The molecule has 0 N–H and O–H groups in total. The molecule has 0 aliphatic carbocycles. The molecule has 5 heteroatoms. The van der Waals surface area contributed by atoms with Crippen LogP contribution < -0.4 is 0 Å². The van der Waals surface area contributed by atoms with E-state index >= 15 is 0 Å². The zero-order valence-electron chi connectivity index (χ0n) is 10.1. The molecule has 1 rings (SSSR count). The molecule has 1 aromatic rings. The number of hydrogen-bond acceptors (Lipinski definition) is 4. The summed E-state index contributed by atoms with van der Waals surface area (Å²) in [5.41, 5.74) is 0.839. The fourth-order valence-corrected chi connectivity index (χ4v) is 3.34. The number of benzene rings is 1. The minimum atomic E-state index is -3.66. The Morgan fingerprint density at radius 3 is 2.53 bits per heavy atom. The first-order valence-electron chi connectivity index (χ1n) is 5.32. The van der Waals surface area contributed by atoms with Crippen LogP contribution in [0.3, 0.4) is 0 Å². The molecule has 1 unspecified atom stereocenters. The average molecular weight is 256 g/mol. The predicted molar refractivity (Wildman–Crippen MR) is 64.5 cm³/mol. The summed E-state index contributed by atoms with van der Waals surface area (Å²) >= 11 is 0. The van der Waals surface area contributed by atoms with Crippen LogP contribution in [-0.4, -0.2) is 26.7 Å². The number of hydrogen-bond donors (Lipinski definition) is 0. The average Bonchev–Trinajstić information content (AvgIpc) is 2.29. The van der Waals surface area contributed by atoms with E-state index < -0.39 is 21.1 Å². The van der Waals surface area contributed by atoms with Gasteiger partial charge >= 0.3 is 5.97 Å². The van der Waals surface area contributed by atoms with Crippen LogP contribution in [0, 0.1) is 6.92 Å². The van der Waals surface area contributed by atoms with Gasteiger partial charge in [-0.15, -0.1) is 0 Å². The van der Waals surface area contributed by atoms with Crippen molar-refractivity contribution in [2.24, 2.45) is 0 Å². The van der Waals surface area contributed by atoms with E-state index in [1.807, 2.05) is 0 Å². The maximum atomic E-state index is 12.2. The molecule has 0 fully saturated rings. The Bertz CT molecular complexity index is 505. The molecule has 0 bridgehead atoms. The van der Waals surface area contributed by atoms with E-state index in [0.717, 1.165) is 5.56 Å². The van der Waals surface area contributed by atoms with Gasteiger partial charge in [-0.05, 0) is 31.0 Å². The minimum absolute atomic E-state index is 0.162. The maximum absolute atomic E-state index is 12.2. The van der Waals surface area contributed by atoms with Crippen molar-refractivity contribution in [3.05, 3.63) is 29.8 Å². The highest BCUT2D eigenvalue weighted by molar-refractivity contribution is 7.92. The second-order valence-electron chi connectivity index (χ2n) is 3.78. The van der Waals surface area contributed by atoms with Gasteiger partial charge in [0.1, 0.15) is 0 Å². The largest absolute Gasteiger partial charge is 0.468 e. The van der Waals surface area contributed by atoms with Gasteiger partial charge in [-0.2, -0.15) is 0 Å². The molecule has 1 aromatic carbocycles. The lowest BCUT2D eigenvalue weighted by Gasteiger charge is -2.13. The Balaban J connectivity index is 3.22. The third-order valence-corrected chi connectivity index (χ3v) is 4.71. The van der Waals surface area contributed by atoms with Crippen molar-refractivity contribution in [2.45, 2.75) is 30.4 Å². The second-order valence-corrected chi connectivity index (χ2v) is 5.91. The van der Waals surface area contributed by atoms with Crippen LogP contribution >= 0.6 is 0 Å². The third-order valence-electron chi connectivity index (χ3n) is 2.53. The highest BCUT2D eigenvalue weighted by Gasteiger charge is 2.33. The van der Waals surface area contributed by atoms with Gasteiger partial charge in [-0.1, -0.05) is 19.1 Å². The Hall–Kier alpha value is -1.36. The summed E-state index contributed by atoms with van der Waals surface area (Å²) in [5, 5.41) is -1.13. The Labute approximate surface area is 102 Å². The smallest absolute Gasteiger partial charge is 0.324 e. The first kappa shape index (κ1) is 13.7. The van der Waals surface area contributed by atoms with E-state index in [1.54, 1.807) is 32.0 Å². The van der Waals surface area contributed by atoms with Crippen LogP contribution in [0.1, 0.15) is 18.9 Å². The van der Waals surface area contributed by atoms with Crippen LogP contribution in [0.25, 0.3) is 0 Å². The minimum Gasteiger partial charge on any atom is -0.468 e. The first-order chi connectivity index (χ1) is 7.93. The van der Waals surface area contributed by atoms with Crippen LogP contribution in [-0.2, 0) is 19.4 Å². The number of carbonyl (C=O) groups excluding carboxylic acids is 1. The SMILES string of the molecule is CCC(C(=O)OC)S(=O)(=O)c1cccc(C)c1. The lowest BCUT2D eigenvalue weighted by Crippen LogP contribution is -2.30. The number of esters is 1. The Morgan fingerprint density at radius 1 is 1.41 bits per heavy atom. The van der Waals surface area contributed by atoms with Crippen LogP contribution in [0.4, 0.5) is 0 Å². The van der Waals surface area contributed by atoms with Gasteiger partial charge in [0, 0.05) is 0 Å². The summed E-state index contributed by atoms with van der Waals surface area (Å²) < 4.78 is 29.0. The van der Waals surface area contributed by atoms with Gasteiger partial charge in [0.05, 0.1) is 12.0 Å². The number of rotatable bonds is 4. The predicted octanol–water partition coefficient (Wildman–Crippen LogP) is 1.72. The molecule has 0 saturated carbocycles. The van der Waals surface area contributed by atoms with Crippen LogP contribution in [0.2, 0.25) is 0 Å². The third kappa shape index (κ3) is 2.85. The summed E-state index contributed by atoms with van der Waals surface area (Å²) in [6.45, 7) is 3.45. The molecule has 0 radical (unpaired) electrons. The van der Waals surface area contributed by atoms with E-state index in [1.165, 1.54) is 13.2 Å². The van der Waals surface area contributed by atoms with Crippen molar-refractivity contribution in [3.8, 4) is 0 Å². The molecule has 0 aliphatic rings.